The molecule has 1 heterocycles. The standard InChI is InChI=1S/C13H13BrFN3O/c1-2-5-18-13(16-8-17-18)7-12(19)9-3-4-11(15)10(14)6-9/h3-4,6,8H,2,5,7H2,1H3. The van der Waals surface area contributed by atoms with E-state index in [9.17, 15) is 9.18 Å². The van der Waals surface area contributed by atoms with Crippen molar-refractivity contribution in [2.45, 2.75) is 26.3 Å². The molecule has 0 radical (unpaired) electrons. The Morgan fingerprint density at radius 1 is 1.47 bits per heavy atom. The predicted molar refractivity (Wildman–Crippen MR) is 72.4 cm³/mol. The Kier molecular flexibility index (Phi) is 4.42. The summed E-state index contributed by atoms with van der Waals surface area (Å²) in [5, 5.41) is 4.07. The molecule has 1 aromatic carbocycles. The Labute approximate surface area is 118 Å². The number of benzene rings is 1. The predicted octanol–water partition coefficient (Wildman–Crippen LogP) is 3.02. The van der Waals surface area contributed by atoms with Crippen molar-refractivity contribution in [1.82, 2.24) is 14.8 Å². The molecule has 0 bridgehead atoms. The van der Waals surface area contributed by atoms with E-state index in [0.717, 1.165) is 13.0 Å². The van der Waals surface area contributed by atoms with Crippen molar-refractivity contribution in [1.29, 1.82) is 0 Å². The fourth-order valence-corrected chi connectivity index (χ4v) is 2.12. The summed E-state index contributed by atoms with van der Waals surface area (Å²) >= 11 is 3.07. The largest absolute Gasteiger partial charge is 0.294 e. The van der Waals surface area contributed by atoms with Gasteiger partial charge in [0.15, 0.2) is 5.78 Å². The summed E-state index contributed by atoms with van der Waals surface area (Å²) in [5.41, 5.74) is 0.458. The van der Waals surface area contributed by atoms with E-state index in [0.29, 0.717) is 11.4 Å². The first-order chi connectivity index (χ1) is 9.11. The second-order valence-corrected chi connectivity index (χ2v) is 4.98. The van der Waals surface area contributed by atoms with Gasteiger partial charge in [0, 0.05) is 12.1 Å². The highest BCUT2D eigenvalue weighted by Gasteiger charge is 2.13. The Balaban J connectivity index is 2.16. The van der Waals surface area contributed by atoms with Crippen molar-refractivity contribution >= 4 is 21.7 Å². The Hall–Kier alpha value is -1.56. The molecule has 0 saturated heterocycles. The molecular weight excluding hydrogens is 313 g/mol. The zero-order chi connectivity index (χ0) is 13.8. The van der Waals surface area contributed by atoms with Gasteiger partial charge >= 0.3 is 0 Å². The highest BCUT2D eigenvalue weighted by molar-refractivity contribution is 9.10. The molecule has 0 spiro atoms. The van der Waals surface area contributed by atoms with E-state index in [2.05, 4.69) is 26.0 Å². The van der Waals surface area contributed by atoms with Crippen molar-refractivity contribution in [2.24, 2.45) is 0 Å². The third kappa shape index (κ3) is 3.26. The van der Waals surface area contributed by atoms with Gasteiger partial charge in [0.25, 0.3) is 0 Å². The molecule has 6 heteroatoms. The van der Waals surface area contributed by atoms with E-state index in [4.69, 9.17) is 0 Å². The van der Waals surface area contributed by atoms with Crippen LogP contribution in [0.3, 0.4) is 0 Å². The molecule has 19 heavy (non-hydrogen) atoms. The number of carbonyl (C=O) groups is 1. The van der Waals surface area contributed by atoms with Gasteiger partial charge in [0.05, 0.1) is 10.9 Å². The smallest absolute Gasteiger partial charge is 0.170 e. The molecule has 0 N–H and O–H groups in total. The molecule has 4 nitrogen and oxygen atoms in total. The van der Waals surface area contributed by atoms with Gasteiger partial charge in [0.2, 0.25) is 0 Å². The lowest BCUT2D eigenvalue weighted by atomic mass is 10.1. The van der Waals surface area contributed by atoms with Crippen LogP contribution in [0, 0.1) is 5.82 Å². The lowest BCUT2D eigenvalue weighted by Crippen LogP contribution is -2.11. The van der Waals surface area contributed by atoms with E-state index >= 15 is 0 Å². The minimum Gasteiger partial charge on any atom is -0.294 e. The maximum atomic E-state index is 13.1. The minimum absolute atomic E-state index is 0.106. The first-order valence-corrected chi connectivity index (χ1v) is 6.76. The van der Waals surface area contributed by atoms with Crippen molar-refractivity contribution in [3.05, 3.63) is 46.2 Å². The summed E-state index contributed by atoms with van der Waals surface area (Å²) in [6.45, 7) is 2.76. The maximum absolute atomic E-state index is 13.1. The first-order valence-electron chi connectivity index (χ1n) is 5.96. The van der Waals surface area contributed by atoms with Crippen molar-refractivity contribution in [3.63, 3.8) is 0 Å². The number of hydrogen-bond donors (Lipinski definition) is 0. The van der Waals surface area contributed by atoms with Crippen LogP contribution < -0.4 is 0 Å². The number of hydrogen-bond acceptors (Lipinski definition) is 3. The van der Waals surface area contributed by atoms with E-state index < -0.39 is 0 Å². The van der Waals surface area contributed by atoms with Crippen LogP contribution in [0.4, 0.5) is 4.39 Å². The van der Waals surface area contributed by atoms with Gasteiger partial charge in [-0.15, -0.1) is 0 Å². The van der Waals surface area contributed by atoms with Gasteiger partial charge in [-0.3, -0.25) is 4.79 Å². The van der Waals surface area contributed by atoms with Crippen LogP contribution in [0.1, 0.15) is 29.5 Å². The SMILES string of the molecule is CCCn1ncnc1CC(=O)c1ccc(F)c(Br)c1. The average Bonchev–Trinajstić information content (AvgIpc) is 2.80. The zero-order valence-corrected chi connectivity index (χ0v) is 12.0. The van der Waals surface area contributed by atoms with Gasteiger partial charge in [0.1, 0.15) is 18.0 Å². The van der Waals surface area contributed by atoms with Crippen LogP contribution in [-0.2, 0) is 13.0 Å². The summed E-state index contributed by atoms with van der Waals surface area (Å²) in [5.74, 6) is 0.143. The van der Waals surface area contributed by atoms with Crippen LogP contribution >= 0.6 is 15.9 Å². The number of halogens is 2. The lowest BCUT2D eigenvalue weighted by molar-refractivity contribution is 0.0989. The van der Waals surface area contributed by atoms with Crippen molar-refractivity contribution in [3.8, 4) is 0 Å². The molecule has 0 amide bonds. The number of aromatic nitrogens is 3. The minimum atomic E-state index is -0.384. The zero-order valence-electron chi connectivity index (χ0n) is 10.4. The van der Waals surface area contributed by atoms with Crippen molar-refractivity contribution < 1.29 is 9.18 Å². The fraction of sp³-hybridized carbons (Fsp3) is 0.308. The third-order valence-electron chi connectivity index (χ3n) is 2.69. The topological polar surface area (TPSA) is 47.8 Å². The van der Waals surface area contributed by atoms with Gasteiger partial charge < -0.3 is 0 Å². The van der Waals surface area contributed by atoms with Crippen LogP contribution in [-0.4, -0.2) is 20.5 Å². The van der Waals surface area contributed by atoms with E-state index in [1.807, 2.05) is 6.92 Å². The Bertz CT molecular complexity index is 597. The molecule has 0 saturated carbocycles. The molecular formula is C13H13BrFN3O. The molecule has 0 aliphatic carbocycles. The average molecular weight is 326 g/mol. The van der Waals surface area contributed by atoms with Gasteiger partial charge in [-0.25, -0.2) is 14.1 Å². The van der Waals surface area contributed by atoms with Gasteiger partial charge in [-0.2, -0.15) is 5.10 Å². The monoisotopic (exact) mass is 325 g/mol. The van der Waals surface area contributed by atoms with E-state index in [-0.39, 0.29) is 22.5 Å². The molecule has 2 rings (SSSR count). The van der Waals surface area contributed by atoms with Crippen LogP contribution in [0.2, 0.25) is 0 Å². The molecule has 0 atom stereocenters. The third-order valence-corrected chi connectivity index (χ3v) is 3.30. The second-order valence-electron chi connectivity index (χ2n) is 4.13. The maximum Gasteiger partial charge on any atom is 0.170 e. The van der Waals surface area contributed by atoms with E-state index in [1.165, 1.54) is 24.5 Å². The quantitative estimate of drug-likeness (QED) is 0.794. The van der Waals surface area contributed by atoms with Gasteiger partial charge in [-0.05, 0) is 40.5 Å². The molecule has 2 aromatic rings. The Morgan fingerprint density at radius 3 is 2.95 bits per heavy atom. The molecule has 0 fully saturated rings. The van der Waals surface area contributed by atoms with E-state index in [1.54, 1.807) is 4.68 Å². The summed E-state index contributed by atoms with van der Waals surface area (Å²) in [4.78, 5) is 16.2. The van der Waals surface area contributed by atoms with Crippen LogP contribution in [0.5, 0.6) is 0 Å². The fourth-order valence-electron chi connectivity index (χ4n) is 1.74. The lowest BCUT2D eigenvalue weighted by Gasteiger charge is -2.04. The highest BCUT2D eigenvalue weighted by Crippen LogP contribution is 2.18. The number of ketones is 1. The normalized spacial score (nSPS) is 10.7. The summed E-state index contributed by atoms with van der Waals surface area (Å²) in [7, 11) is 0. The molecule has 100 valence electrons. The Morgan fingerprint density at radius 2 is 2.26 bits per heavy atom. The molecule has 0 aliphatic rings. The first kappa shape index (κ1) is 13.9. The van der Waals surface area contributed by atoms with Crippen LogP contribution in [0.15, 0.2) is 29.0 Å². The number of aryl methyl sites for hydroxylation is 1. The highest BCUT2D eigenvalue weighted by atomic mass is 79.9. The molecule has 0 aliphatic heterocycles. The molecule has 0 unspecified atom stereocenters. The number of carbonyl (C=O) groups excluding carboxylic acids is 1. The van der Waals surface area contributed by atoms with Crippen molar-refractivity contribution in [2.75, 3.05) is 0 Å². The van der Waals surface area contributed by atoms with Gasteiger partial charge in [-0.1, -0.05) is 6.92 Å². The number of nitrogens with zero attached hydrogens (tertiary/aromatic N) is 3. The molecule has 1 aromatic heterocycles. The number of rotatable bonds is 5. The summed E-state index contributed by atoms with van der Waals surface area (Å²) < 4.78 is 15.1. The summed E-state index contributed by atoms with van der Waals surface area (Å²) in [6.07, 6.45) is 2.53. The van der Waals surface area contributed by atoms with Crippen LogP contribution in [0.25, 0.3) is 0 Å². The summed E-state index contributed by atoms with van der Waals surface area (Å²) in [6, 6.07) is 4.23. The second kappa shape index (κ2) is 6.06. The number of Topliss-reactive ketones (excluding diaryl/α,β-unsaturated/α-hetero) is 1.